The molecule has 1 aromatic rings. The first-order chi connectivity index (χ1) is 25.7. The van der Waals surface area contributed by atoms with E-state index in [2.05, 4.69) is 22.7 Å². The fourth-order valence-corrected chi connectivity index (χ4v) is 10.5. The topological polar surface area (TPSA) is 168 Å². The van der Waals surface area contributed by atoms with Gasteiger partial charge < -0.3 is 19.7 Å². The number of cyclic esters (lactones) is 1. The number of fused-ring (bicyclic) bond motifs is 3. The first-order valence-electron chi connectivity index (χ1n) is 19.7. The Balaban J connectivity index is 1.17. The standard InChI is InChI=1S/C40H54N4O9S/c1-4-28-19-40(28,36(47)42-54(50,51)30-15-16-30)20-33(45)32-18-29-22-44(32)35(46)34(26-10-6-5-7-11-26)41-37(48)52-24-39(2,3)17-9-14-25-12-8-13-27-21-43(23-31(25)27)38(49)53-29/h4,8,12-13,26,28-30,32,34H,1,5-7,9-11,14-24H2,2-3H3,(H,41,48)(H,42,47)/t28-,29-,32+,34+,40-/m1/s1. The van der Waals surface area contributed by atoms with E-state index in [4.69, 9.17) is 9.47 Å². The highest BCUT2D eigenvalue weighted by molar-refractivity contribution is 7.90. The number of carbonyl (C=O) groups is 5. The number of hydrogen-bond acceptors (Lipinski definition) is 9. The molecule has 3 heterocycles. The van der Waals surface area contributed by atoms with E-state index in [-0.39, 0.29) is 43.7 Å². The predicted octanol–water partition coefficient (Wildman–Crippen LogP) is 4.91. The number of aryl methyl sites for hydroxylation is 1. The molecule has 1 saturated heterocycles. The van der Waals surface area contributed by atoms with Crippen LogP contribution in [-0.4, -0.2) is 84.6 Å². The van der Waals surface area contributed by atoms with Crippen LogP contribution in [0.4, 0.5) is 9.59 Å². The number of benzene rings is 1. The molecule has 0 aromatic heterocycles. The molecule has 4 bridgehead atoms. The molecule has 3 aliphatic heterocycles. The molecule has 54 heavy (non-hydrogen) atoms. The second-order valence-corrected chi connectivity index (χ2v) is 19.3. The summed E-state index contributed by atoms with van der Waals surface area (Å²) in [7, 11) is -3.86. The van der Waals surface area contributed by atoms with E-state index in [9.17, 15) is 32.4 Å². The van der Waals surface area contributed by atoms with Crippen LogP contribution in [0.3, 0.4) is 0 Å². The van der Waals surface area contributed by atoms with Crippen molar-refractivity contribution in [3.05, 3.63) is 47.5 Å². The lowest BCUT2D eigenvalue weighted by Crippen LogP contribution is -2.55. The van der Waals surface area contributed by atoms with Crippen LogP contribution >= 0.6 is 0 Å². The van der Waals surface area contributed by atoms with Gasteiger partial charge >= 0.3 is 12.2 Å². The van der Waals surface area contributed by atoms with Crippen molar-refractivity contribution in [1.82, 2.24) is 19.8 Å². The van der Waals surface area contributed by atoms with Gasteiger partial charge in [-0.15, -0.1) is 6.58 Å². The van der Waals surface area contributed by atoms with Crippen molar-refractivity contribution >= 4 is 39.8 Å². The van der Waals surface area contributed by atoms with Crippen LogP contribution in [0.5, 0.6) is 0 Å². The number of Topliss-reactive ketones (excluding diaryl/α,β-unsaturated/α-hetero) is 1. The van der Waals surface area contributed by atoms with E-state index in [0.29, 0.717) is 38.8 Å². The van der Waals surface area contributed by atoms with E-state index in [1.54, 1.807) is 11.0 Å². The molecular weight excluding hydrogens is 713 g/mol. The van der Waals surface area contributed by atoms with Gasteiger partial charge in [0.1, 0.15) is 12.1 Å². The molecule has 0 spiro atoms. The number of alkyl carbamates (subject to hydrolysis) is 1. The van der Waals surface area contributed by atoms with Crippen molar-refractivity contribution in [3.8, 4) is 0 Å². The minimum absolute atomic E-state index is 0.00913. The molecule has 4 fully saturated rings. The second kappa shape index (κ2) is 15.0. The van der Waals surface area contributed by atoms with Crippen molar-refractivity contribution in [2.24, 2.45) is 22.7 Å². The highest BCUT2D eigenvalue weighted by Gasteiger charge is 2.61. The van der Waals surface area contributed by atoms with Gasteiger partial charge in [-0.3, -0.25) is 24.0 Å². The lowest BCUT2D eigenvalue weighted by molar-refractivity contribution is -0.141. The number of ether oxygens (including phenoxy) is 2. The number of nitrogens with zero attached hydrogens (tertiary/aromatic N) is 2. The zero-order chi connectivity index (χ0) is 38.4. The molecule has 2 N–H and O–H groups in total. The maximum atomic E-state index is 14.7. The van der Waals surface area contributed by atoms with E-state index >= 15 is 0 Å². The summed E-state index contributed by atoms with van der Waals surface area (Å²) in [5.74, 6) is -2.23. The van der Waals surface area contributed by atoms with Crippen LogP contribution in [-0.2, 0) is 53.4 Å². The van der Waals surface area contributed by atoms with Crippen LogP contribution in [0.1, 0.15) is 108 Å². The molecule has 7 rings (SSSR count). The fourth-order valence-electron chi connectivity index (χ4n) is 9.10. The molecule has 294 valence electrons. The van der Waals surface area contributed by atoms with E-state index < -0.39 is 74.6 Å². The van der Waals surface area contributed by atoms with E-state index in [1.165, 1.54) is 4.90 Å². The largest absolute Gasteiger partial charge is 0.449 e. The molecule has 0 unspecified atom stereocenters. The molecule has 14 heteroatoms. The Kier molecular flexibility index (Phi) is 10.6. The van der Waals surface area contributed by atoms with Gasteiger partial charge in [-0.2, -0.15) is 0 Å². The average Bonchev–Trinajstić information content (AvgIpc) is 4.03. The Morgan fingerprint density at radius 2 is 1.78 bits per heavy atom. The minimum Gasteiger partial charge on any atom is -0.449 e. The fraction of sp³-hybridized carbons (Fsp3) is 0.675. The summed E-state index contributed by atoms with van der Waals surface area (Å²) in [5.41, 5.74) is 1.67. The van der Waals surface area contributed by atoms with Crippen LogP contribution in [0.25, 0.3) is 0 Å². The van der Waals surface area contributed by atoms with Crippen molar-refractivity contribution in [2.75, 3.05) is 13.2 Å². The zero-order valence-electron chi connectivity index (χ0n) is 31.5. The van der Waals surface area contributed by atoms with Gasteiger partial charge in [-0.05, 0) is 85.3 Å². The molecule has 0 radical (unpaired) electrons. The highest BCUT2D eigenvalue weighted by atomic mass is 32.2. The van der Waals surface area contributed by atoms with Crippen molar-refractivity contribution in [1.29, 1.82) is 0 Å². The van der Waals surface area contributed by atoms with Crippen LogP contribution < -0.4 is 10.0 Å². The normalized spacial score (nSPS) is 30.6. The second-order valence-electron chi connectivity index (χ2n) is 17.3. The number of rotatable bonds is 8. The first kappa shape index (κ1) is 38.3. The molecule has 3 aliphatic carbocycles. The summed E-state index contributed by atoms with van der Waals surface area (Å²) in [4.78, 5) is 72.9. The summed E-state index contributed by atoms with van der Waals surface area (Å²) >= 11 is 0. The number of carbonyl (C=O) groups excluding carboxylic acids is 5. The number of nitrogens with one attached hydrogen (secondary N) is 2. The first-order valence-corrected chi connectivity index (χ1v) is 21.2. The van der Waals surface area contributed by atoms with E-state index in [1.807, 2.05) is 26.0 Å². The maximum absolute atomic E-state index is 14.7. The summed E-state index contributed by atoms with van der Waals surface area (Å²) in [6.07, 6.45) is 7.09. The van der Waals surface area contributed by atoms with Crippen LogP contribution in [0, 0.1) is 22.7 Å². The third-order valence-corrected chi connectivity index (χ3v) is 14.5. The van der Waals surface area contributed by atoms with Gasteiger partial charge in [0.2, 0.25) is 21.8 Å². The lowest BCUT2D eigenvalue weighted by Gasteiger charge is -2.35. The van der Waals surface area contributed by atoms with Crippen LogP contribution in [0.2, 0.25) is 0 Å². The molecule has 1 aromatic carbocycles. The summed E-state index contributed by atoms with van der Waals surface area (Å²) in [6, 6.07) is 4.06. The molecule has 13 nitrogen and oxygen atoms in total. The Hall–Kier alpha value is -3.94. The Bertz CT molecular complexity index is 1800. The summed E-state index contributed by atoms with van der Waals surface area (Å²) in [6.45, 7) is 8.78. The smallest absolute Gasteiger partial charge is 0.410 e. The molecule has 5 atom stereocenters. The predicted molar refractivity (Wildman–Crippen MR) is 198 cm³/mol. The van der Waals surface area contributed by atoms with Gasteiger partial charge in [0.05, 0.1) is 29.9 Å². The highest BCUT2D eigenvalue weighted by Crippen LogP contribution is 2.57. The minimum atomic E-state index is -3.86. The zero-order valence-corrected chi connectivity index (χ0v) is 32.3. The van der Waals surface area contributed by atoms with Gasteiger partial charge in [0.15, 0.2) is 5.78 Å². The van der Waals surface area contributed by atoms with Crippen molar-refractivity contribution in [2.45, 2.75) is 134 Å². The van der Waals surface area contributed by atoms with Gasteiger partial charge in [-0.1, -0.05) is 57.4 Å². The third-order valence-electron chi connectivity index (χ3n) is 12.6. The maximum Gasteiger partial charge on any atom is 0.410 e. The quantitative estimate of drug-likeness (QED) is 0.350. The average molecular weight is 767 g/mol. The van der Waals surface area contributed by atoms with Gasteiger partial charge in [0.25, 0.3) is 0 Å². The summed E-state index contributed by atoms with van der Waals surface area (Å²) in [5, 5.41) is 2.26. The van der Waals surface area contributed by atoms with Crippen molar-refractivity contribution in [3.63, 3.8) is 0 Å². The Morgan fingerprint density at radius 3 is 2.48 bits per heavy atom. The number of allylic oxidation sites excluding steroid dienone is 1. The third kappa shape index (κ3) is 8.04. The SMILES string of the molecule is C=C[C@@H]1C[C@]1(CC(=O)[C@@H]1C[C@@H]2CN1C(=O)[C@H](C1CCCCC1)NC(=O)OCC(C)(C)CCCc1cccc3c1CN(C3)C(=O)O2)C(=O)NS(=O)(=O)C1CC1. The van der Waals surface area contributed by atoms with E-state index in [0.717, 1.165) is 55.2 Å². The molecule has 6 aliphatic rings. The Labute approximate surface area is 318 Å². The lowest BCUT2D eigenvalue weighted by atomic mass is 9.83. The number of amides is 4. The van der Waals surface area contributed by atoms with Crippen LogP contribution in [0.15, 0.2) is 30.9 Å². The monoisotopic (exact) mass is 766 g/mol. The number of hydrogen-bond donors (Lipinski definition) is 2. The Morgan fingerprint density at radius 1 is 1.04 bits per heavy atom. The van der Waals surface area contributed by atoms with Gasteiger partial charge in [0, 0.05) is 25.9 Å². The van der Waals surface area contributed by atoms with Crippen molar-refractivity contribution < 1.29 is 41.9 Å². The molecule has 4 amide bonds. The number of sulfonamides is 1. The molecule has 3 saturated carbocycles. The molecular formula is C40H54N4O9S. The number of ketones is 1. The summed E-state index contributed by atoms with van der Waals surface area (Å²) < 4.78 is 39.5. The van der Waals surface area contributed by atoms with Gasteiger partial charge in [-0.25, -0.2) is 18.0 Å².